The summed E-state index contributed by atoms with van der Waals surface area (Å²) in [5.41, 5.74) is 0. The maximum absolute atomic E-state index is 3.54. The number of rotatable bonds is 5. The molecule has 0 saturated carbocycles. The Kier molecular flexibility index (Phi) is 6.60. The van der Waals surface area contributed by atoms with Crippen LogP contribution in [0.15, 0.2) is 0 Å². The van der Waals surface area contributed by atoms with Crippen LogP contribution in [0.25, 0.3) is 0 Å². The lowest BCUT2D eigenvalue weighted by Crippen LogP contribution is -2.42. The molecule has 1 aliphatic heterocycles. The van der Waals surface area contributed by atoms with E-state index in [1.807, 2.05) is 0 Å². The molecule has 3 heteroatoms. The van der Waals surface area contributed by atoms with Gasteiger partial charge in [0.15, 0.2) is 0 Å². The third kappa shape index (κ3) is 4.15. The Balaban J connectivity index is 2.47. The second-order valence-electron chi connectivity index (χ2n) is 5.06. The van der Waals surface area contributed by atoms with Crippen LogP contribution in [-0.2, 0) is 0 Å². The van der Waals surface area contributed by atoms with E-state index in [1.54, 1.807) is 0 Å². The molecule has 5 atom stereocenters. The lowest BCUT2D eigenvalue weighted by atomic mass is 9.98. The van der Waals surface area contributed by atoms with Gasteiger partial charge in [0, 0.05) is 27.5 Å². The summed E-state index contributed by atoms with van der Waals surface area (Å²) >= 11 is 4.35. The second kappa shape index (κ2) is 7.17. The first-order chi connectivity index (χ1) is 7.58. The van der Waals surface area contributed by atoms with Gasteiger partial charge in [-0.2, -0.15) is 23.5 Å². The Morgan fingerprint density at radius 3 is 2.50 bits per heavy atom. The molecule has 0 spiro atoms. The van der Waals surface area contributed by atoms with E-state index >= 15 is 0 Å². The van der Waals surface area contributed by atoms with Crippen LogP contribution in [0.2, 0.25) is 0 Å². The van der Waals surface area contributed by atoms with Crippen LogP contribution in [0, 0.1) is 5.92 Å². The Labute approximate surface area is 110 Å². The Bertz CT molecular complexity index is 196. The number of hydrogen-bond donors (Lipinski definition) is 1. The molecule has 1 aliphatic rings. The molecule has 0 amide bonds. The summed E-state index contributed by atoms with van der Waals surface area (Å²) in [4.78, 5) is 0. The van der Waals surface area contributed by atoms with Crippen LogP contribution in [-0.4, -0.2) is 34.6 Å². The van der Waals surface area contributed by atoms with Crippen molar-refractivity contribution in [2.45, 2.75) is 62.3 Å². The highest BCUT2D eigenvalue weighted by atomic mass is 32.2. The van der Waals surface area contributed by atoms with E-state index < -0.39 is 0 Å². The zero-order valence-corrected chi connectivity index (χ0v) is 13.0. The van der Waals surface area contributed by atoms with Gasteiger partial charge >= 0.3 is 0 Å². The highest BCUT2D eigenvalue weighted by Gasteiger charge is 2.30. The first-order valence-electron chi connectivity index (χ1n) is 6.52. The highest BCUT2D eigenvalue weighted by molar-refractivity contribution is 8.07. The van der Waals surface area contributed by atoms with Crippen molar-refractivity contribution >= 4 is 23.5 Å². The van der Waals surface area contributed by atoms with Crippen LogP contribution in [0.3, 0.4) is 0 Å². The lowest BCUT2D eigenvalue weighted by Gasteiger charge is -2.36. The summed E-state index contributed by atoms with van der Waals surface area (Å²) in [5.74, 6) is 2.16. The monoisotopic (exact) mass is 261 g/mol. The topological polar surface area (TPSA) is 12.0 Å². The molecule has 0 aromatic carbocycles. The van der Waals surface area contributed by atoms with Crippen LogP contribution in [0.1, 0.15) is 40.5 Å². The molecule has 0 aliphatic carbocycles. The van der Waals surface area contributed by atoms with E-state index in [2.05, 4.69) is 63.6 Å². The van der Waals surface area contributed by atoms with E-state index in [-0.39, 0.29) is 0 Å². The molecular formula is C13H27NS2. The first kappa shape index (κ1) is 14.7. The smallest absolute Gasteiger partial charge is 0.0294 e. The van der Waals surface area contributed by atoms with E-state index in [4.69, 9.17) is 0 Å². The van der Waals surface area contributed by atoms with Gasteiger partial charge in [-0.25, -0.2) is 0 Å². The first-order valence-corrected chi connectivity index (χ1v) is 8.51. The van der Waals surface area contributed by atoms with Gasteiger partial charge in [0.05, 0.1) is 0 Å². The standard InChI is InChI=1S/C13H27NS2/c1-6-9(2)7-12(14-5)13-8-15-10(3)11(4)16-13/h9-14H,6-8H2,1-5H3. The van der Waals surface area contributed by atoms with E-state index in [1.165, 1.54) is 18.6 Å². The fourth-order valence-electron chi connectivity index (χ4n) is 2.07. The zero-order chi connectivity index (χ0) is 12.1. The van der Waals surface area contributed by atoms with Gasteiger partial charge in [-0.15, -0.1) is 0 Å². The fourth-order valence-corrected chi connectivity index (χ4v) is 5.26. The summed E-state index contributed by atoms with van der Waals surface area (Å²) < 4.78 is 0. The molecule has 1 saturated heterocycles. The Morgan fingerprint density at radius 1 is 1.31 bits per heavy atom. The van der Waals surface area contributed by atoms with Crippen molar-refractivity contribution in [1.29, 1.82) is 0 Å². The second-order valence-corrected chi connectivity index (χ2v) is 8.09. The summed E-state index contributed by atoms with van der Waals surface area (Å²) in [7, 11) is 2.13. The van der Waals surface area contributed by atoms with Crippen LogP contribution < -0.4 is 5.32 Å². The summed E-state index contributed by atoms with van der Waals surface area (Å²) in [6.07, 6.45) is 2.63. The molecule has 1 rings (SSSR count). The molecule has 1 heterocycles. The van der Waals surface area contributed by atoms with Gasteiger partial charge in [-0.1, -0.05) is 34.1 Å². The van der Waals surface area contributed by atoms with Crippen molar-refractivity contribution in [3.63, 3.8) is 0 Å². The van der Waals surface area contributed by atoms with Crippen molar-refractivity contribution in [1.82, 2.24) is 5.32 Å². The average Bonchev–Trinajstić information content (AvgIpc) is 2.29. The third-order valence-corrected chi connectivity index (χ3v) is 7.30. The van der Waals surface area contributed by atoms with Crippen LogP contribution >= 0.6 is 23.5 Å². The predicted molar refractivity (Wildman–Crippen MR) is 79.7 cm³/mol. The van der Waals surface area contributed by atoms with Gasteiger partial charge in [0.2, 0.25) is 0 Å². The van der Waals surface area contributed by atoms with Gasteiger partial charge < -0.3 is 5.32 Å². The van der Waals surface area contributed by atoms with Gasteiger partial charge in [0.25, 0.3) is 0 Å². The van der Waals surface area contributed by atoms with Crippen molar-refractivity contribution in [2.24, 2.45) is 5.92 Å². The molecular weight excluding hydrogens is 234 g/mol. The molecule has 0 radical (unpaired) electrons. The predicted octanol–water partition coefficient (Wildman–Crippen LogP) is 3.64. The molecule has 1 fully saturated rings. The minimum atomic E-state index is 0.697. The molecule has 0 aromatic heterocycles. The lowest BCUT2D eigenvalue weighted by molar-refractivity contribution is 0.410. The molecule has 1 nitrogen and oxygen atoms in total. The van der Waals surface area contributed by atoms with Crippen molar-refractivity contribution in [2.75, 3.05) is 12.8 Å². The van der Waals surface area contributed by atoms with E-state index in [9.17, 15) is 0 Å². The van der Waals surface area contributed by atoms with Crippen LogP contribution in [0.4, 0.5) is 0 Å². The van der Waals surface area contributed by atoms with Crippen molar-refractivity contribution < 1.29 is 0 Å². The quantitative estimate of drug-likeness (QED) is 0.811. The van der Waals surface area contributed by atoms with Crippen LogP contribution in [0.5, 0.6) is 0 Å². The molecule has 96 valence electrons. The summed E-state index contributed by atoms with van der Waals surface area (Å²) in [6, 6.07) is 0.697. The Hall–Kier alpha value is 0.660. The zero-order valence-electron chi connectivity index (χ0n) is 11.3. The minimum absolute atomic E-state index is 0.697. The molecule has 0 aromatic rings. The summed E-state index contributed by atoms with van der Waals surface area (Å²) in [5, 5.41) is 5.96. The average molecular weight is 262 g/mol. The van der Waals surface area contributed by atoms with Crippen molar-refractivity contribution in [3.05, 3.63) is 0 Å². The van der Waals surface area contributed by atoms with Gasteiger partial charge in [0.1, 0.15) is 0 Å². The number of thioether (sulfide) groups is 2. The minimum Gasteiger partial charge on any atom is -0.316 e. The summed E-state index contributed by atoms with van der Waals surface area (Å²) in [6.45, 7) is 9.41. The Morgan fingerprint density at radius 2 is 2.00 bits per heavy atom. The highest BCUT2D eigenvalue weighted by Crippen LogP contribution is 2.38. The molecule has 5 unspecified atom stereocenters. The third-order valence-electron chi connectivity index (χ3n) is 3.75. The molecule has 16 heavy (non-hydrogen) atoms. The maximum atomic E-state index is 3.54. The van der Waals surface area contributed by atoms with Crippen molar-refractivity contribution in [3.8, 4) is 0 Å². The number of hydrogen-bond acceptors (Lipinski definition) is 3. The molecule has 1 N–H and O–H groups in total. The van der Waals surface area contributed by atoms with E-state index in [0.717, 1.165) is 21.7 Å². The fraction of sp³-hybridized carbons (Fsp3) is 1.00. The number of nitrogens with one attached hydrogen (secondary N) is 1. The largest absolute Gasteiger partial charge is 0.316 e. The van der Waals surface area contributed by atoms with E-state index in [0.29, 0.717) is 6.04 Å². The van der Waals surface area contributed by atoms with Gasteiger partial charge in [-0.05, 0) is 19.4 Å². The SMILES string of the molecule is CCC(C)CC(NC)C1CSC(C)C(C)S1. The van der Waals surface area contributed by atoms with Gasteiger partial charge in [-0.3, -0.25) is 0 Å². The molecule has 0 bridgehead atoms. The maximum Gasteiger partial charge on any atom is 0.0294 e. The normalized spacial score (nSPS) is 34.7.